The van der Waals surface area contributed by atoms with Gasteiger partial charge in [-0.2, -0.15) is 5.26 Å². The Labute approximate surface area is 212 Å². The predicted molar refractivity (Wildman–Crippen MR) is 136 cm³/mol. The number of hydrogen-bond acceptors (Lipinski definition) is 10. The van der Waals surface area contributed by atoms with Crippen LogP contribution in [0.3, 0.4) is 0 Å². The van der Waals surface area contributed by atoms with Gasteiger partial charge in [0.1, 0.15) is 22.7 Å². The summed E-state index contributed by atoms with van der Waals surface area (Å²) in [6.07, 6.45) is 4.24. The minimum atomic E-state index is -0.0577. The first-order valence-corrected chi connectivity index (χ1v) is 12.4. The number of halogens is 1. The van der Waals surface area contributed by atoms with Crippen LogP contribution in [-0.2, 0) is 6.42 Å². The largest absolute Gasteiger partial charge is 0.497 e. The number of nitriles is 1. The maximum atomic E-state index is 9.83. The number of anilines is 3. The number of piperidine rings is 1. The average molecular weight is 509 g/mol. The third kappa shape index (κ3) is 4.10. The van der Waals surface area contributed by atoms with Crippen molar-refractivity contribution in [3.63, 3.8) is 0 Å². The Bertz CT molecular complexity index is 1340. The van der Waals surface area contributed by atoms with Gasteiger partial charge in [-0.05, 0) is 54.0 Å². The molecule has 180 valence electrons. The Kier molecular flexibility index (Phi) is 6.09. The zero-order valence-electron chi connectivity index (χ0n) is 19.2. The van der Waals surface area contributed by atoms with Gasteiger partial charge in [-0.15, -0.1) is 0 Å². The lowest BCUT2D eigenvalue weighted by Gasteiger charge is -2.42. The van der Waals surface area contributed by atoms with E-state index in [2.05, 4.69) is 38.1 Å². The van der Waals surface area contributed by atoms with Gasteiger partial charge in [-0.25, -0.2) is 15.0 Å². The molecule has 1 aromatic carbocycles. The molecular weight excluding hydrogens is 484 g/mol. The van der Waals surface area contributed by atoms with E-state index in [1.54, 1.807) is 19.4 Å². The number of benzene rings is 1. The fourth-order valence-electron chi connectivity index (χ4n) is 5.04. The van der Waals surface area contributed by atoms with Crippen molar-refractivity contribution < 1.29 is 4.74 Å². The highest BCUT2D eigenvalue weighted by Gasteiger charge is 2.46. The van der Waals surface area contributed by atoms with E-state index >= 15 is 0 Å². The molecular formula is C24H25ClN8OS. The van der Waals surface area contributed by atoms with E-state index in [1.807, 2.05) is 6.07 Å². The molecule has 1 atom stereocenters. The number of nitrogens with zero attached hydrogens (tertiary/aromatic N) is 5. The first-order valence-electron chi connectivity index (χ1n) is 11.2. The molecule has 6 N–H and O–H groups in total. The molecule has 0 radical (unpaired) electrons. The molecule has 0 amide bonds. The summed E-state index contributed by atoms with van der Waals surface area (Å²) in [4.78, 5) is 15.8. The van der Waals surface area contributed by atoms with Gasteiger partial charge in [0.2, 0.25) is 0 Å². The van der Waals surface area contributed by atoms with Crippen molar-refractivity contribution in [3.05, 3.63) is 52.3 Å². The Hall–Kier alpha value is -3.26. The molecule has 11 heteroatoms. The molecule has 0 saturated carbocycles. The van der Waals surface area contributed by atoms with Crippen molar-refractivity contribution in [1.29, 1.82) is 5.26 Å². The van der Waals surface area contributed by atoms with Crippen LogP contribution in [0.15, 0.2) is 40.4 Å². The Balaban J connectivity index is 1.36. The fourth-order valence-corrected chi connectivity index (χ4v) is 6.09. The van der Waals surface area contributed by atoms with Crippen molar-refractivity contribution in [2.24, 2.45) is 11.1 Å². The van der Waals surface area contributed by atoms with Crippen molar-refractivity contribution in [1.82, 2.24) is 15.0 Å². The summed E-state index contributed by atoms with van der Waals surface area (Å²) in [7, 11) is 1.67. The zero-order valence-corrected chi connectivity index (χ0v) is 20.7. The molecule has 1 fully saturated rings. The lowest BCUT2D eigenvalue weighted by molar-refractivity contribution is 0.187. The summed E-state index contributed by atoms with van der Waals surface area (Å²) in [5.74, 6) is 1.77. The van der Waals surface area contributed by atoms with Crippen LogP contribution in [0.25, 0.3) is 0 Å². The molecule has 0 bridgehead atoms. The smallest absolute Gasteiger partial charge is 0.184 e. The van der Waals surface area contributed by atoms with Crippen molar-refractivity contribution in [2.75, 3.05) is 36.6 Å². The highest BCUT2D eigenvalue weighted by atomic mass is 35.5. The van der Waals surface area contributed by atoms with E-state index in [0.29, 0.717) is 33.9 Å². The maximum Gasteiger partial charge on any atom is 0.184 e. The number of hydrogen-bond donors (Lipinski definition) is 3. The van der Waals surface area contributed by atoms with Gasteiger partial charge in [-0.3, -0.25) is 0 Å². The first kappa shape index (κ1) is 23.5. The van der Waals surface area contributed by atoms with Crippen LogP contribution in [0.1, 0.15) is 35.7 Å². The maximum absolute atomic E-state index is 9.83. The standard InChI is InChI=1S/C24H25ClN8OS/c1-34-14-3-2-13-11-24(19(27)15(13)10-14)5-8-33(9-6-24)22-16(12-26)31-23(21(29)32-22)35-17-4-7-30-20(28)18(17)25/h2-4,7,10,19H,5-6,8-9,11,27H2,1H3,(H2,28,30)(H2,29,32)/t19-/m1/s1. The molecule has 9 nitrogen and oxygen atoms in total. The lowest BCUT2D eigenvalue weighted by atomic mass is 9.73. The second kappa shape index (κ2) is 9.07. The quantitative estimate of drug-likeness (QED) is 0.476. The van der Waals surface area contributed by atoms with Gasteiger partial charge in [-0.1, -0.05) is 29.4 Å². The number of fused-ring (bicyclic) bond motifs is 1. The zero-order chi connectivity index (χ0) is 24.7. The van der Waals surface area contributed by atoms with Crippen LogP contribution in [0.4, 0.5) is 17.5 Å². The van der Waals surface area contributed by atoms with Crippen LogP contribution in [0.5, 0.6) is 5.75 Å². The summed E-state index contributed by atoms with van der Waals surface area (Å²) >= 11 is 7.46. The Morgan fingerprint density at radius 2 is 1.97 bits per heavy atom. The van der Waals surface area contributed by atoms with Gasteiger partial charge in [0.05, 0.1) is 12.1 Å². The molecule has 2 aromatic heterocycles. The summed E-state index contributed by atoms with van der Waals surface area (Å²) in [5.41, 5.74) is 21.5. The highest BCUT2D eigenvalue weighted by molar-refractivity contribution is 7.99. The SMILES string of the molecule is COc1ccc2c(c1)[C@@H](N)C1(CCN(c3nc(N)c(Sc4ccnc(N)c4Cl)nc3C#N)CC1)C2. The summed E-state index contributed by atoms with van der Waals surface area (Å²) in [6, 6.07) is 10.00. The summed E-state index contributed by atoms with van der Waals surface area (Å²) in [6.45, 7) is 1.42. The molecule has 1 aliphatic carbocycles. The second-order valence-electron chi connectivity index (χ2n) is 8.88. The summed E-state index contributed by atoms with van der Waals surface area (Å²) < 4.78 is 5.39. The summed E-state index contributed by atoms with van der Waals surface area (Å²) in [5, 5.41) is 10.5. The van der Waals surface area contributed by atoms with Gasteiger partial charge in [0.25, 0.3) is 0 Å². The molecule has 3 aromatic rings. The molecule has 1 aliphatic heterocycles. The molecule has 2 aliphatic rings. The van der Waals surface area contributed by atoms with Gasteiger partial charge < -0.3 is 26.8 Å². The number of aromatic nitrogens is 3. The number of nitrogen functional groups attached to an aromatic ring is 2. The van der Waals surface area contributed by atoms with Gasteiger partial charge >= 0.3 is 0 Å². The average Bonchev–Trinajstić information content (AvgIpc) is 3.13. The van der Waals surface area contributed by atoms with Crippen molar-refractivity contribution in [3.8, 4) is 11.8 Å². The van der Waals surface area contributed by atoms with Crippen LogP contribution in [0, 0.1) is 16.7 Å². The van der Waals surface area contributed by atoms with Gasteiger partial charge in [0, 0.05) is 30.2 Å². The normalized spacial score (nSPS) is 18.3. The van der Waals surface area contributed by atoms with Crippen molar-refractivity contribution >= 4 is 40.8 Å². The van der Waals surface area contributed by atoms with E-state index < -0.39 is 0 Å². The number of rotatable bonds is 4. The molecule has 0 unspecified atom stereocenters. The van der Waals surface area contributed by atoms with E-state index in [9.17, 15) is 5.26 Å². The number of ether oxygens (including phenoxy) is 1. The Morgan fingerprint density at radius 3 is 2.69 bits per heavy atom. The minimum Gasteiger partial charge on any atom is -0.497 e. The number of methoxy groups -OCH3 is 1. The minimum absolute atomic E-state index is 0.0230. The van der Waals surface area contributed by atoms with Crippen LogP contribution >= 0.6 is 23.4 Å². The molecule has 1 spiro atoms. The highest BCUT2D eigenvalue weighted by Crippen LogP contribution is 2.52. The van der Waals surface area contributed by atoms with Crippen LogP contribution in [-0.4, -0.2) is 35.2 Å². The number of pyridine rings is 1. The fraction of sp³-hybridized carbons (Fsp3) is 0.333. The van der Waals surface area contributed by atoms with Crippen LogP contribution < -0.4 is 26.8 Å². The third-order valence-corrected chi connectivity index (χ3v) is 8.58. The molecule has 1 saturated heterocycles. The van der Waals surface area contributed by atoms with E-state index in [1.165, 1.54) is 17.3 Å². The van der Waals surface area contributed by atoms with E-state index in [-0.39, 0.29) is 28.8 Å². The lowest BCUT2D eigenvalue weighted by Crippen LogP contribution is -2.45. The second-order valence-corrected chi connectivity index (χ2v) is 10.3. The topological polar surface area (TPSA) is 153 Å². The number of nitrogens with two attached hydrogens (primary N) is 3. The molecule has 3 heterocycles. The van der Waals surface area contributed by atoms with Crippen LogP contribution in [0.2, 0.25) is 5.02 Å². The molecule has 5 rings (SSSR count). The third-order valence-electron chi connectivity index (χ3n) is 7.01. The monoisotopic (exact) mass is 508 g/mol. The van der Waals surface area contributed by atoms with E-state index in [4.69, 9.17) is 33.5 Å². The first-order chi connectivity index (χ1) is 16.8. The van der Waals surface area contributed by atoms with E-state index in [0.717, 1.165) is 30.6 Å². The van der Waals surface area contributed by atoms with Crippen molar-refractivity contribution in [2.45, 2.75) is 35.2 Å². The van der Waals surface area contributed by atoms with Gasteiger partial charge in [0.15, 0.2) is 17.3 Å². The Morgan fingerprint density at radius 1 is 1.20 bits per heavy atom. The predicted octanol–water partition coefficient (Wildman–Crippen LogP) is 3.56. The molecule has 35 heavy (non-hydrogen) atoms.